The van der Waals surface area contributed by atoms with Gasteiger partial charge in [0.25, 0.3) is 5.24 Å². The fourth-order valence-electron chi connectivity index (χ4n) is 2.92. The van der Waals surface area contributed by atoms with E-state index in [2.05, 4.69) is 15.1 Å². The average molecular weight is 366 g/mol. The van der Waals surface area contributed by atoms with Crippen LogP contribution in [0.1, 0.15) is 41.7 Å². The van der Waals surface area contributed by atoms with Crippen molar-refractivity contribution in [2.75, 3.05) is 0 Å². The second-order valence-electron chi connectivity index (χ2n) is 5.93. The third-order valence-electron chi connectivity index (χ3n) is 4.18. The minimum atomic E-state index is -0.798. The highest BCUT2D eigenvalue weighted by molar-refractivity contribution is 6.68. The summed E-state index contributed by atoms with van der Waals surface area (Å²) in [5.74, 6) is -0.746. The zero-order valence-corrected chi connectivity index (χ0v) is 14.2. The molecule has 9 heteroatoms. The van der Waals surface area contributed by atoms with Crippen LogP contribution in [0.5, 0.6) is 5.88 Å². The van der Waals surface area contributed by atoms with Crippen LogP contribution in [0.3, 0.4) is 0 Å². The molecule has 0 aromatic carbocycles. The smallest absolute Gasteiger partial charge is 0.306 e. The van der Waals surface area contributed by atoms with Crippen LogP contribution in [0.4, 0.5) is 0 Å². The molecule has 1 aliphatic carbocycles. The number of aryl methyl sites for hydroxylation is 1. The first-order valence-electron chi connectivity index (χ1n) is 7.83. The summed E-state index contributed by atoms with van der Waals surface area (Å²) < 4.78 is 10.8. The van der Waals surface area contributed by atoms with Crippen LogP contribution in [-0.4, -0.2) is 37.5 Å². The Bertz CT molecular complexity index is 790. The average Bonchev–Trinajstić information content (AvgIpc) is 2.97. The summed E-state index contributed by atoms with van der Waals surface area (Å²) in [5.41, 5.74) is 0.837. The van der Waals surface area contributed by atoms with Gasteiger partial charge in [0.15, 0.2) is 5.76 Å². The Labute approximate surface area is 148 Å². The van der Waals surface area contributed by atoms with E-state index in [1.807, 2.05) is 0 Å². The van der Waals surface area contributed by atoms with Gasteiger partial charge in [0.2, 0.25) is 5.88 Å². The first-order valence-corrected chi connectivity index (χ1v) is 8.21. The Morgan fingerprint density at radius 2 is 2.12 bits per heavy atom. The standard InChI is InChI=1S/C16H16ClN3O5/c1-8-13(15(17)21)14(25-20-8)11-6-19-12(7-18-11)24-10-4-2-3-9(5-10)16(22)23/h6-7,9-10H,2-5H2,1H3,(H,22,23). The lowest BCUT2D eigenvalue weighted by Crippen LogP contribution is -2.29. The highest BCUT2D eigenvalue weighted by atomic mass is 35.5. The van der Waals surface area contributed by atoms with Gasteiger partial charge in [0.05, 0.1) is 24.0 Å². The molecule has 2 unspecified atom stereocenters. The number of ether oxygens (including phenoxy) is 1. The molecule has 0 aliphatic heterocycles. The molecule has 1 N–H and O–H groups in total. The van der Waals surface area contributed by atoms with Crippen LogP contribution in [-0.2, 0) is 4.79 Å². The second kappa shape index (κ2) is 7.18. The zero-order valence-electron chi connectivity index (χ0n) is 13.4. The van der Waals surface area contributed by atoms with Crippen molar-refractivity contribution in [1.82, 2.24) is 15.1 Å². The molecule has 2 aromatic heterocycles. The van der Waals surface area contributed by atoms with E-state index in [0.717, 1.165) is 12.8 Å². The summed E-state index contributed by atoms with van der Waals surface area (Å²) in [6.45, 7) is 1.61. The van der Waals surface area contributed by atoms with Crippen LogP contribution in [0.25, 0.3) is 11.5 Å². The Hall–Kier alpha value is -2.48. The van der Waals surface area contributed by atoms with Crippen molar-refractivity contribution < 1.29 is 24.0 Å². The van der Waals surface area contributed by atoms with Crippen molar-refractivity contribution >= 4 is 22.8 Å². The number of carboxylic acids is 1. The summed E-state index contributed by atoms with van der Waals surface area (Å²) in [7, 11) is 0. The van der Waals surface area contributed by atoms with Crippen LogP contribution < -0.4 is 4.74 Å². The van der Waals surface area contributed by atoms with E-state index in [0.29, 0.717) is 24.2 Å². The SMILES string of the molecule is Cc1noc(-c2cnc(OC3CCCC(C(=O)O)C3)cn2)c1C(=O)Cl. The number of rotatable bonds is 5. The topological polar surface area (TPSA) is 115 Å². The number of halogens is 1. The van der Waals surface area contributed by atoms with Gasteiger partial charge < -0.3 is 14.4 Å². The maximum absolute atomic E-state index is 11.5. The largest absolute Gasteiger partial charge is 0.481 e. The van der Waals surface area contributed by atoms with Gasteiger partial charge >= 0.3 is 5.97 Å². The molecule has 132 valence electrons. The van der Waals surface area contributed by atoms with E-state index in [1.165, 1.54) is 12.4 Å². The van der Waals surface area contributed by atoms with E-state index >= 15 is 0 Å². The van der Waals surface area contributed by atoms with Crippen molar-refractivity contribution in [1.29, 1.82) is 0 Å². The van der Waals surface area contributed by atoms with Crippen LogP contribution in [0.2, 0.25) is 0 Å². The van der Waals surface area contributed by atoms with Crippen LogP contribution >= 0.6 is 11.6 Å². The Balaban J connectivity index is 1.73. The molecule has 25 heavy (non-hydrogen) atoms. The number of hydrogen-bond donors (Lipinski definition) is 1. The quantitative estimate of drug-likeness (QED) is 0.804. The van der Waals surface area contributed by atoms with E-state index in [9.17, 15) is 9.59 Å². The van der Waals surface area contributed by atoms with E-state index < -0.39 is 11.2 Å². The third kappa shape index (κ3) is 3.79. The molecule has 0 bridgehead atoms. The van der Waals surface area contributed by atoms with Crippen LogP contribution in [0, 0.1) is 12.8 Å². The Kier molecular flexibility index (Phi) is 4.98. The van der Waals surface area contributed by atoms with Gasteiger partial charge in [0, 0.05) is 0 Å². The highest BCUT2D eigenvalue weighted by Crippen LogP contribution is 2.29. The van der Waals surface area contributed by atoms with Crippen LogP contribution in [0.15, 0.2) is 16.9 Å². The van der Waals surface area contributed by atoms with Gasteiger partial charge in [0.1, 0.15) is 17.4 Å². The maximum Gasteiger partial charge on any atom is 0.306 e. The monoisotopic (exact) mass is 365 g/mol. The molecule has 0 spiro atoms. The van der Waals surface area contributed by atoms with Crippen molar-refractivity contribution in [2.24, 2.45) is 5.92 Å². The van der Waals surface area contributed by atoms with Gasteiger partial charge in [-0.2, -0.15) is 0 Å². The van der Waals surface area contributed by atoms with E-state index in [1.54, 1.807) is 6.92 Å². The summed E-state index contributed by atoms with van der Waals surface area (Å²) >= 11 is 5.54. The number of aromatic nitrogens is 3. The predicted octanol–water partition coefficient (Wildman–Crippen LogP) is 2.84. The second-order valence-corrected chi connectivity index (χ2v) is 6.27. The fraction of sp³-hybridized carbons (Fsp3) is 0.438. The molecular weight excluding hydrogens is 350 g/mol. The molecule has 0 amide bonds. The first-order chi connectivity index (χ1) is 12.0. The lowest BCUT2D eigenvalue weighted by atomic mass is 9.87. The molecule has 0 radical (unpaired) electrons. The minimum absolute atomic E-state index is 0.153. The summed E-state index contributed by atoms with van der Waals surface area (Å²) in [5, 5.41) is 12.2. The number of aliphatic carboxylic acids is 1. The molecule has 3 rings (SSSR count). The molecule has 0 saturated heterocycles. The molecule has 1 aliphatic rings. The molecule has 1 saturated carbocycles. The number of carbonyl (C=O) groups is 2. The highest BCUT2D eigenvalue weighted by Gasteiger charge is 2.28. The Morgan fingerprint density at radius 1 is 1.32 bits per heavy atom. The summed E-state index contributed by atoms with van der Waals surface area (Å²) in [6, 6.07) is 0. The maximum atomic E-state index is 11.5. The van der Waals surface area contributed by atoms with Crippen molar-refractivity contribution in [3.8, 4) is 17.3 Å². The lowest BCUT2D eigenvalue weighted by Gasteiger charge is -2.26. The Morgan fingerprint density at radius 3 is 2.76 bits per heavy atom. The lowest BCUT2D eigenvalue weighted by molar-refractivity contribution is -0.143. The third-order valence-corrected chi connectivity index (χ3v) is 4.37. The normalized spacial score (nSPS) is 20.2. The minimum Gasteiger partial charge on any atom is -0.481 e. The van der Waals surface area contributed by atoms with Crippen molar-refractivity contribution in [2.45, 2.75) is 38.7 Å². The molecule has 2 aromatic rings. The molecule has 2 heterocycles. The number of hydrogen-bond acceptors (Lipinski definition) is 7. The van der Waals surface area contributed by atoms with E-state index in [-0.39, 0.29) is 29.2 Å². The molecule has 2 atom stereocenters. The number of carboxylic acid groups (broad SMARTS) is 1. The number of carbonyl (C=O) groups excluding carboxylic acids is 1. The number of nitrogens with zero attached hydrogens (tertiary/aromatic N) is 3. The summed E-state index contributed by atoms with van der Waals surface area (Å²) in [4.78, 5) is 30.9. The van der Waals surface area contributed by atoms with Crippen molar-refractivity contribution in [3.05, 3.63) is 23.7 Å². The van der Waals surface area contributed by atoms with Gasteiger partial charge in [-0.3, -0.25) is 9.59 Å². The first kappa shape index (κ1) is 17.3. The van der Waals surface area contributed by atoms with E-state index in [4.69, 9.17) is 26.0 Å². The fourth-order valence-corrected chi connectivity index (χ4v) is 3.14. The summed E-state index contributed by atoms with van der Waals surface area (Å²) in [6.07, 6.45) is 5.29. The zero-order chi connectivity index (χ0) is 18.0. The van der Waals surface area contributed by atoms with Gasteiger partial charge in [-0.15, -0.1) is 0 Å². The molecule has 1 fully saturated rings. The van der Waals surface area contributed by atoms with Gasteiger partial charge in [-0.25, -0.2) is 9.97 Å². The van der Waals surface area contributed by atoms with Gasteiger partial charge in [-0.1, -0.05) is 5.16 Å². The predicted molar refractivity (Wildman–Crippen MR) is 86.5 cm³/mol. The molecular formula is C16H16ClN3O5. The molecule has 8 nitrogen and oxygen atoms in total. The van der Waals surface area contributed by atoms with Gasteiger partial charge in [-0.05, 0) is 44.2 Å². The van der Waals surface area contributed by atoms with Crippen molar-refractivity contribution in [3.63, 3.8) is 0 Å².